The maximum atomic E-state index is 5.16. The normalized spacial score (nSPS) is 9.82. The third-order valence-corrected chi connectivity index (χ3v) is 4.26. The maximum absolute atomic E-state index is 5.16. The summed E-state index contributed by atoms with van der Waals surface area (Å²) in [5, 5.41) is 0. The van der Waals surface area contributed by atoms with Crippen LogP contribution in [0.3, 0.4) is 0 Å². The molecule has 0 saturated carbocycles. The standard InChI is InChI=1S/C7H5Br2IO/c1-11-7-4(8)2-3-5(10)6(7)9/h2-3H,1H3. The maximum Gasteiger partial charge on any atom is 0.148 e. The Labute approximate surface area is 95.9 Å². The summed E-state index contributed by atoms with van der Waals surface area (Å²) in [6.07, 6.45) is 0. The number of methoxy groups -OCH3 is 1. The Morgan fingerprint density at radius 1 is 1.36 bits per heavy atom. The zero-order valence-electron chi connectivity index (χ0n) is 5.70. The molecule has 0 heterocycles. The lowest BCUT2D eigenvalue weighted by atomic mass is 10.3. The van der Waals surface area contributed by atoms with Crippen LogP contribution in [0.1, 0.15) is 0 Å². The first-order chi connectivity index (χ1) is 5.16. The van der Waals surface area contributed by atoms with Crippen molar-refractivity contribution in [1.82, 2.24) is 0 Å². The van der Waals surface area contributed by atoms with Crippen LogP contribution in [0.15, 0.2) is 21.1 Å². The fourth-order valence-electron chi connectivity index (χ4n) is 0.696. The summed E-state index contributed by atoms with van der Waals surface area (Å²) >= 11 is 9.05. The summed E-state index contributed by atoms with van der Waals surface area (Å²) in [4.78, 5) is 0. The second-order valence-electron chi connectivity index (χ2n) is 1.88. The van der Waals surface area contributed by atoms with E-state index in [1.165, 1.54) is 0 Å². The van der Waals surface area contributed by atoms with Gasteiger partial charge in [-0.3, -0.25) is 0 Å². The number of benzene rings is 1. The molecule has 0 spiro atoms. The Balaban J connectivity index is 3.29. The molecule has 0 saturated heterocycles. The van der Waals surface area contributed by atoms with Gasteiger partial charge in [0.05, 0.1) is 16.1 Å². The molecule has 0 bridgehead atoms. The molecular weight excluding hydrogens is 387 g/mol. The van der Waals surface area contributed by atoms with Gasteiger partial charge >= 0.3 is 0 Å². The molecule has 0 N–H and O–H groups in total. The molecular formula is C7H5Br2IO. The predicted octanol–water partition coefficient (Wildman–Crippen LogP) is 3.82. The van der Waals surface area contributed by atoms with Crippen molar-refractivity contribution in [2.75, 3.05) is 7.11 Å². The molecule has 0 aliphatic carbocycles. The number of hydrogen-bond donors (Lipinski definition) is 0. The van der Waals surface area contributed by atoms with Gasteiger partial charge in [0.1, 0.15) is 5.75 Å². The molecule has 0 fully saturated rings. The van der Waals surface area contributed by atoms with Crippen molar-refractivity contribution in [3.8, 4) is 5.75 Å². The van der Waals surface area contributed by atoms with E-state index in [-0.39, 0.29) is 0 Å². The summed E-state index contributed by atoms with van der Waals surface area (Å²) in [6, 6.07) is 3.97. The summed E-state index contributed by atoms with van der Waals surface area (Å²) < 4.78 is 8.26. The molecule has 1 nitrogen and oxygen atoms in total. The second-order valence-corrected chi connectivity index (χ2v) is 4.69. The fourth-order valence-corrected chi connectivity index (χ4v) is 2.39. The smallest absolute Gasteiger partial charge is 0.148 e. The molecule has 0 aliphatic rings. The van der Waals surface area contributed by atoms with Crippen LogP contribution in [-0.2, 0) is 0 Å². The lowest BCUT2D eigenvalue weighted by Gasteiger charge is -2.06. The molecule has 0 aromatic heterocycles. The van der Waals surface area contributed by atoms with Crippen molar-refractivity contribution < 1.29 is 4.74 Å². The Morgan fingerprint density at radius 3 is 2.45 bits per heavy atom. The number of rotatable bonds is 1. The molecule has 1 rings (SSSR count). The van der Waals surface area contributed by atoms with Gasteiger partial charge in [0, 0.05) is 3.57 Å². The fraction of sp³-hybridized carbons (Fsp3) is 0.143. The van der Waals surface area contributed by atoms with Crippen molar-refractivity contribution >= 4 is 54.5 Å². The number of halogens is 3. The molecule has 0 atom stereocenters. The summed E-state index contributed by atoms with van der Waals surface area (Å²) in [5.41, 5.74) is 0. The van der Waals surface area contributed by atoms with Crippen LogP contribution < -0.4 is 4.74 Å². The SMILES string of the molecule is COc1c(Br)ccc(I)c1Br. The van der Waals surface area contributed by atoms with Gasteiger partial charge in [-0.25, -0.2) is 0 Å². The Bertz CT molecular complexity index is 275. The first kappa shape index (κ1) is 9.80. The van der Waals surface area contributed by atoms with Crippen molar-refractivity contribution in [1.29, 1.82) is 0 Å². The lowest BCUT2D eigenvalue weighted by Crippen LogP contribution is -1.87. The van der Waals surface area contributed by atoms with Gasteiger partial charge in [-0.15, -0.1) is 0 Å². The van der Waals surface area contributed by atoms with E-state index in [9.17, 15) is 0 Å². The monoisotopic (exact) mass is 390 g/mol. The van der Waals surface area contributed by atoms with E-state index in [0.29, 0.717) is 0 Å². The Kier molecular flexibility index (Phi) is 3.64. The Morgan fingerprint density at radius 2 is 2.00 bits per heavy atom. The number of ether oxygens (including phenoxy) is 1. The summed E-state index contributed by atoms with van der Waals surface area (Å²) in [6.45, 7) is 0. The first-order valence-corrected chi connectivity index (χ1v) is 5.50. The quantitative estimate of drug-likeness (QED) is 0.522. The van der Waals surface area contributed by atoms with Crippen molar-refractivity contribution in [3.63, 3.8) is 0 Å². The van der Waals surface area contributed by atoms with Crippen LogP contribution in [0.5, 0.6) is 5.75 Å². The predicted molar refractivity (Wildman–Crippen MR) is 61.1 cm³/mol. The van der Waals surface area contributed by atoms with Gasteiger partial charge in [-0.2, -0.15) is 0 Å². The second kappa shape index (κ2) is 4.09. The topological polar surface area (TPSA) is 9.23 Å². The largest absolute Gasteiger partial charge is 0.494 e. The molecule has 11 heavy (non-hydrogen) atoms. The highest BCUT2D eigenvalue weighted by Crippen LogP contribution is 2.36. The average molecular weight is 392 g/mol. The van der Waals surface area contributed by atoms with Crippen molar-refractivity contribution in [2.24, 2.45) is 0 Å². The van der Waals surface area contributed by atoms with E-state index in [4.69, 9.17) is 4.74 Å². The van der Waals surface area contributed by atoms with Gasteiger partial charge in [0.2, 0.25) is 0 Å². The van der Waals surface area contributed by atoms with Crippen molar-refractivity contribution in [3.05, 3.63) is 24.6 Å². The summed E-state index contributed by atoms with van der Waals surface area (Å²) in [7, 11) is 1.65. The van der Waals surface area contributed by atoms with Gasteiger partial charge in [-0.05, 0) is 66.6 Å². The summed E-state index contributed by atoms with van der Waals surface area (Å²) in [5.74, 6) is 0.844. The highest BCUT2D eigenvalue weighted by molar-refractivity contribution is 14.1. The minimum atomic E-state index is 0.844. The molecule has 60 valence electrons. The Hall–Kier alpha value is 0.710. The third kappa shape index (κ3) is 2.09. The van der Waals surface area contributed by atoms with Crippen LogP contribution in [0.4, 0.5) is 0 Å². The zero-order chi connectivity index (χ0) is 8.43. The molecule has 0 amide bonds. The third-order valence-electron chi connectivity index (χ3n) is 1.21. The molecule has 1 aromatic rings. The minimum absolute atomic E-state index is 0.844. The molecule has 0 radical (unpaired) electrons. The minimum Gasteiger partial charge on any atom is -0.494 e. The van der Waals surface area contributed by atoms with Gasteiger partial charge in [0.15, 0.2) is 0 Å². The van der Waals surface area contributed by atoms with Gasteiger partial charge in [0.25, 0.3) is 0 Å². The molecule has 4 heteroatoms. The van der Waals surface area contributed by atoms with Crippen LogP contribution in [-0.4, -0.2) is 7.11 Å². The van der Waals surface area contributed by atoms with E-state index in [1.807, 2.05) is 12.1 Å². The van der Waals surface area contributed by atoms with Crippen LogP contribution in [0.2, 0.25) is 0 Å². The average Bonchev–Trinajstić information content (AvgIpc) is 1.99. The van der Waals surface area contributed by atoms with E-state index in [2.05, 4.69) is 54.5 Å². The van der Waals surface area contributed by atoms with Gasteiger partial charge < -0.3 is 4.74 Å². The van der Waals surface area contributed by atoms with Gasteiger partial charge in [-0.1, -0.05) is 0 Å². The molecule has 0 unspecified atom stereocenters. The van der Waals surface area contributed by atoms with Crippen LogP contribution in [0.25, 0.3) is 0 Å². The highest BCUT2D eigenvalue weighted by Gasteiger charge is 2.07. The number of hydrogen-bond acceptors (Lipinski definition) is 1. The van der Waals surface area contributed by atoms with E-state index < -0.39 is 0 Å². The van der Waals surface area contributed by atoms with Crippen LogP contribution in [0, 0.1) is 3.57 Å². The molecule has 0 aliphatic heterocycles. The van der Waals surface area contributed by atoms with E-state index in [1.54, 1.807) is 7.11 Å². The van der Waals surface area contributed by atoms with E-state index >= 15 is 0 Å². The first-order valence-electron chi connectivity index (χ1n) is 2.84. The van der Waals surface area contributed by atoms with E-state index in [0.717, 1.165) is 18.3 Å². The highest BCUT2D eigenvalue weighted by atomic mass is 127. The van der Waals surface area contributed by atoms with Crippen LogP contribution >= 0.6 is 54.5 Å². The zero-order valence-corrected chi connectivity index (χ0v) is 11.0. The molecule has 1 aromatic carbocycles. The van der Waals surface area contributed by atoms with Crippen molar-refractivity contribution in [2.45, 2.75) is 0 Å². The lowest BCUT2D eigenvalue weighted by molar-refractivity contribution is 0.409.